The van der Waals surface area contributed by atoms with Gasteiger partial charge < -0.3 is 20.6 Å². The third-order valence-corrected chi connectivity index (χ3v) is 3.07. The SMILES string of the molecule is CNCCC(O)C(O)c1cc(Cl)c(O)cc1Cl. The van der Waals surface area contributed by atoms with Crippen LogP contribution in [0.4, 0.5) is 0 Å². The summed E-state index contributed by atoms with van der Waals surface area (Å²) in [5, 5.41) is 32.1. The van der Waals surface area contributed by atoms with Crippen molar-refractivity contribution >= 4 is 23.2 Å². The molecule has 0 aliphatic heterocycles. The lowest BCUT2D eigenvalue weighted by atomic mass is 10.0. The minimum atomic E-state index is -1.13. The van der Waals surface area contributed by atoms with Crippen molar-refractivity contribution in [1.82, 2.24) is 5.32 Å². The van der Waals surface area contributed by atoms with Crippen LogP contribution >= 0.6 is 23.2 Å². The Hall–Kier alpha value is -0.520. The molecule has 0 bridgehead atoms. The second-order valence-electron chi connectivity index (χ2n) is 3.73. The first-order valence-electron chi connectivity index (χ1n) is 5.16. The summed E-state index contributed by atoms with van der Waals surface area (Å²) in [5.74, 6) is -0.155. The topological polar surface area (TPSA) is 72.7 Å². The lowest BCUT2D eigenvalue weighted by Gasteiger charge is -2.19. The summed E-state index contributed by atoms with van der Waals surface area (Å²) in [6.07, 6.45) is -1.69. The quantitative estimate of drug-likeness (QED) is 0.662. The molecule has 0 aliphatic rings. The lowest BCUT2D eigenvalue weighted by Crippen LogP contribution is -2.23. The third-order valence-electron chi connectivity index (χ3n) is 2.44. The molecule has 0 fully saturated rings. The van der Waals surface area contributed by atoms with Gasteiger partial charge in [-0.1, -0.05) is 23.2 Å². The van der Waals surface area contributed by atoms with Crippen LogP contribution in [0.5, 0.6) is 5.75 Å². The number of rotatable bonds is 5. The normalized spacial score (nSPS) is 14.6. The monoisotopic (exact) mass is 279 g/mol. The fourth-order valence-electron chi connectivity index (χ4n) is 1.44. The van der Waals surface area contributed by atoms with Crippen molar-refractivity contribution in [3.8, 4) is 5.75 Å². The molecular formula is C11H15Cl2NO3. The highest BCUT2D eigenvalue weighted by molar-refractivity contribution is 6.34. The van der Waals surface area contributed by atoms with E-state index in [1.165, 1.54) is 12.1 Å². The van der Waals surface area contributed by atoms with Gasteiger partial charge in [-0.2, -0.15) is 0 Å². The maximum Gasteiger partial charge on any atom is 0.135 e. The zero-order chi connectivity index (χ0) is 13.0. The number of aromatic hydroxyl groups is 1. The number of phenols is 1. The number of hydrogen-bond donors (Lipinski definition) is 4. The lowest BCUT2D eigenvalue weighted by molar-refractivity contribution is 0.0141. The van der Waals surface area contributed by atoms with Gasteiger partial charge in [0.15, 0.2) is 0 Å². The summed E-state index contributed by atoms with van der Waals surface area (Å²) in [7, 11) is 1.75. The van der Waals surface area contributed by atoms with E-state index in [0.717, 1.165) is 0 Å². The standard InChI is InChI=1S/C11H15Cl2NO3/c1-14-3-2-9(15)11(17)6-4-8(13)10(16)5-7(6)12/h4-5,9,11,14-17H,2-3H2,1H3. The van der Waals surface area contributed by atoms with E-state index >= 15 is 0 Å². The molecule has 0 radical (unpaired) electrons. The van der Waals surface area contributed by atoms with E-state index in [9.17, 15) is 15.3 Å². The van der Waals surface area contributed by atoms with E-state index in [0.29, 0.717) is 18.5 Å². The Kier molecular flexibility index (Phi) is 5.49. The molecule has 0 saturated carbocycles. The van der Waals surface area contributed by atoms with Crippen molar-refractivity contribution in [2.75, 3.05) is 13.6 Å². The predicted octanol–water partition coefficient (Wildman–Crippen LogP) is 1.70. The molecule has 0 amide bonds. The summed E-state index contributed by atoms with van der Waals surface area (Å²) >= 11 is 11.6. The molecule has 1 aromatic carbocycles. The first-order chi connectivity index (χ1) is 7.97. The number of halogens is 2. The summed E-state index contributed by atoms with van der Waals surface area (Å²) in [6, 6.07) is 2.60. The zero-order valence-corrected chi connectivity index (χ0v) is 10.8. The van der Waals surface area contributed by atoms with E-state index in [-0.39, 0.29) is 15.8 Å². The number of benzene rings is 1. The second kappa shape index (κ2) is 6.42. The largest absolute Gasteiger partial charge is 0.506 e. The van der Waals surface area contributed by atoms with Crippen molar-refractivity contribution < 1.29 is 15.3 Å². The summed E-state index contributed by atoms with van der Waals surface area (Å²) in [6.45, 7) is 0.571. The number of aliphatic hydroxyl groups is 2. The first-order valence-corrected chi connectivity index (χ1v) is 5.91. The Morgan fingerprint density at radius 3 is 2.47 bits per heavy atom. The van der Waals surface area contributed by atoms with Crippen LogP contribution in [0.3, 0.4) is 0 Å². The summed E-state index contributed by atoms with van der Waals surface area (Å²) in [5.41, 5.74) is 0.304. The highest BCUT2D eigenvalue weighted by Crippen LogP contribution is 2.34. The van der Waals surface area contributed by atoms with Gasteiger partial charge in [0, 0.05) is 11.6 Å². The number of nitrogens with one attached hydrogen (secondary N) is 1. The fraction of sp³-hybridized carbons (Fsp3) is 0.455. The molecule has 6 heteroatoms. The minimum absolute atomic E-state index is 0.0873. The van der Waals surface area contributed by atoms with Gasteiger partial charge in [0.1, 0.15) is 11.9 Å². The summed E-state index contributed by atoms with van der Waals surface area (Å²) in [4.78, 5) is 0. The van der Waals surface area contributed by atoms with Gasteiger partial charge in [-0.3, -0.25) is 0 Å². The maximum atomic E-state index is 9.91. The van der Waals surface area contributed by atoms with Gasteiger partial charge in [-0.15, -0.1) is 0 Å². The number of hydrogen-bond acceptors (Lipinski definition) is 4. The molecule has 1 rings (SSSR count). The zero-order valence-electron chi connectivity index (χ0n) is 9.32. The first kappa shape index (κ1) is 14.5. The van der Waals surface area contributed by atoms with E-state index in [4.69, 9.17) is 23.2 Å². The van der Waals surface area contributed by atoms with Crippen LogP contribution in [0.15, 0.2) is 12.1 Å². The number of aliphatic hydroxyl groups excluding tert-OH is 2. The molecule has 4 N–H and O–H groups in total. The highest BCUT2D eigenvalue weighted by Gasteiger charge is 2.21. The van der Waals surface area contributed by atoms with Crippen LogP contribution in [-0.4, -0.2) is 35.0 Å². The van der Waals surface area contributed by atoms with Crippen molar-refractivity contribution in [2.45, 2.75) is 18.6 Å². The van der Waals surface area contributed by atoms with Gasteiger partial charge in [-0.25, -0.2) is 0 Å². The van der Waals surface area contributed by atoms with E-state index in [1.54, 1.807) is 7.05 Å². The van der Waals surface area contributed by atoms with E-state index < -0.39 is 12.2 Å². The van der Waals surface area contributed by atoms with Crippen LogP contribution in [-0.2, 0) is 0 Å². The molecule has 4 nitrogen and oxygen atoms in total. The van der Waals surface area contributed by atoms with Gasteiger partial charge in [0.2, 0.25) is 0 Å². The van der Waals surface area contributed by atoms with Gasteiger partial charge >= 0.3 is 0 Å². The molecule has 0 aliphatic carbocycles. The molecule has 0 aromatic heterocycles. The minimum Gasteiger partial charge on any atom is -0.506 e. The molecule has 1 aromatic rings. The Balaban J connectivity index is 2.88. The smallest absolute Gasteiger partial charge is 0.135 e. The number of phenolic OH excluding ortho intramolecular Hbond substituents is 1. The second-order valence-corrected chi connectivity index (χ2v) is 4.54. The van der Waals surface area contributed by atoms with Crippen molar-refractivity contribution in [3.05, 3.63) is 27.7 Å². The Labute approximate surface area is 110 Å². The van der Waals surface area contributed by atoms with Crippen molar-refractivity contribution in [1.29, 1.82) is 0 Å². The molecule has 0 spiro atoms. The average Bonchev–Trinajstić information content (AvgIpc) is 2.29. The van der Waals surface area contributed by atoms with E-state index in [1.807, 2.05) is 0 Å². The Morgan fingerprint density at radius 1 is 1.24 bits per heavy atom. The maximum absolute atomic E-state index is 9.91. The molecular weight excluding hydrogens is 265 g/mol. The van der Waals surface area contributed by atoms with Crippen molar-refractivity contribution in [3.63, 3.8) is 0 Å². The van der Waals surface area contributed by atoms with Gasteiger partial charge in [-0.05, 0) is 26.1 Å². The molecule has 0 heterocycles. The molecule has 0 saturated heterocycles. The van der Waals surface area contributed by atoms with Crippen LogP contribution in [0, 0.1) is 0 Å². The Morgan fingerprint density at radius 2 is 1.88 bits per heavy atom. The van der Waals surface area contributed by atoms with Crippen LogP contribution < -0.4 is 5.32 Å². The van der Waals surface area contributed by atoms with Crippen LogP contribution in [0.1, 0.15) is 18.1 Å². The van der Waals surface area contributed by atoms with Crippen molar-refractivity contribution in [2.24, 2.45) is 0 Å². The third kappa shape index (κ3) is 3.72. The van der Waals surface area contributed by atoms with Crippen LogP contribution in [0.25, 0.3) is 0 Å². The Bertz CT molecular complexity index is 387. The molecule has 96 valence electrons. The molecule has 2 atom stereocenters. The van der Waals surface area contributed by atoms with Gasteiger partial charge in [0.05, 0.1) is 16.1 Å². The van der Waals surface area contributed by atoms with E-state index in [2.05, 4.69) is 5.32 Å². The highest BCUT2D eigenvalue weighted by atomic mass is 35.5. The van der Waals surface area contributed by atoms with Crippen LogP contribution in [0.2, 0.25) is 10.0 Å². The van der Waals surface area contributed by atoms with Gasteiger partial charge in [0.25, 0.3) is 0 Å². The predicted molar refractivity (Wildman–Crippen MR) is 67.6 cm³/mol. The fourth-order valence-corrected chi connectivity index (χ4v) is 1.88. The summed E-state index contributed by atoms with van der Waals surface area (Å²) < 4.78 is 0. The average molecular weight is 280 g/mol. The molecule has 2 unspecified atom stereocenters. The molecule has 17 heavy (non-hydrogen) atoms.